The lowest BCUT2D eigenvalue weighted by molar-refractivity contribution is 0.190. The molecule has 2 atom stereocenters. The average Bonchev–Trinajstić information content (AvgIpc) is 2.12. The van der Waals surface area contributed by atoms with Crippen LogP contribution in [0.2, 0.25) is 0 Å². The molecule has 1 fully saturated rings. The van der Waals surface area contributed by atoms with Crippen LogP contribution in [0.5, 0.6) is 0 Å². The highest BCUT2D eigenvalue weighted by Gasteiger charge is 2.19. The molecule has 48 valence electrons. The number of rotatable bonds is 1. The molecule has 1 N–H and O–H groups in total. The summed E-state index contributed by atoms with van der Waals surface area (Å²) in [7, 11) is 0. The predicted molar refractivity (Wildman–Crippen MR) is 37.2 cm³/mol. The van der Waals surface area contributed by atoms with Crippen LogP contribution in [0.4, 0.5) is 0 Å². The summed E-state index contributed by atoms with van der Waals surface area (Å²) in [4.78, 5) is 0. The maximum atomic E-state index is 9.03. The summed E-state index contributed by atoms with van der Waals surface area (Å²) in [6.45, 7) is 1.88. The van der Waals surface area contributed by atoms with E-state index in [9.17, 15) is 0 Å². The monoisotopic (exact) mass is 132 g/mol. The molecule has 1 aliphatic heterocycles. The summed E-state index contributed by atoms with van der Waals surface area (Å²) >= 11 is 1.90. The second-order valence-corrected chi connectivity index (χ2v) is 3.64. The number of aliphatic hydroxyl groups excluding tert-OH is 1. The van der Waals surface area contributed by atoms with Gasteiger partial charge in [0.2, 0.25) is 0 Å². The first-order chi connectivity index (χ1) is 3.80. The standard InChI is InChI=1S/C6H12OS/c1-5(7)6-3-2-4-8-6/h5-7H,2-4H2,1H3/t5-,6?/m1/s1. The van der Waals surface area contributed by atoms with Crippen LogP contribution in [0, 0.1) is 0 Å². The van der Waals surface area contributed by atoms with Crippen molar-refractivity contribution in [3.8, 4) is 0 Å². The normalized spacial score (nSPS) is 33.0. The summed E-state index contributed by atoms with van der Waals surface area (Å²) in [5.41, 5.74) is 0. The van der Waals surface area contributed by atoms with Crippen LogP contribution in [0.1, 0.15) is 19.8 Å². The van der Waals surface area contributed by atoms with E-state index in [1.807, 2.05) is 18.7 Å². The Kier molecular flexibility index (Phi) is 2.20. The minimum Gasteiger partial charge on any atom is -0.392 e. The number of thioether (sulfide) groups is 1. The van der Waals surface area contributed by atoms with E-state index in [1.165, 1.54) is 18.6 Å². The third-order valence-electron chi connectivity index (χ3n) is 1.50. The molecule has 0 amide bonds. The zero-order valence-electron chi connectivity index (χ0n) is 5.13. The Labute approximate surface area is 54.5 Å². The molecule has 0 bridgehead atoms. The van der Waals surface area contributed by atoms with E-state index >= 15 is 0 Å². The fraction of sp³-hybridized carbons (Fsp3) is 1.00. The largest absolute Gasteiger partial charge is 0.392 e. The van der Waals surface area contributed by atoms with Crippen molar-refractivity contribution in [3.05, 3.63) is 0 Å². The Hall–Kier alpha value is 0.310. The van der Waals surface area contributed by atoms with Crippen molar-refractivity contribution in [3.63, 3.8) is 0 Å². The van der Waals surface area contributed by atoms with Gasteiger partial charge in [0, 0.05) is 5.25 Å². The highest BCUT2D eigenvalue weighted by Crippen LogP contribution is 2.28. The van der Waals surface area contributed by atoms with Gasteiger partial charge in [0.05, 0.1) is 6.10 Å². The SMILES string of the molecule is C[C@@H](O)C1CCCS1. The van der Waals surface area contributed by atoms with Crippen molar-refractivity contribution in [1.82, 2.24) is 0 Å². The fourth-order valence-corrected chi connectivity index (χ4v) is 2.23. The lowest BCUT2D eigenvalue weighted by Gasteiger charge is -2.09. The molecule has 1 rings (SSSR count). The first kappa shape index (κ1) is 6.43. The second-order valence-electron chi connectivity index (χ2n) is 2.29. The van der Waals surface area contributed by atoms with Crippen molar-refractivity contribution in [2.24, 2.45) is 0 Å². The summed E-state index contributed by atoms with van der Waals surface area (Å²) in [5, 5.41) is 9.57. The predicted octanol–water partition coefficient (Wildman–Crippen LogP) is 1.26. The molecule has 0 aromatic carbocycles. The molecule has 1 heterocycles. The van der Waals surface area contributed by atoms with Crippen LogP contribution in [-0.4, -0.2) is 22.2 Å². The van der Waals surface area contributed by atoms with Crippen LogP contribution in [0.15, 0.2) is 0 Å². The molecule has 0 aromatic heterocycles. The summed E-state index contributed by atoms with van der Waals surface area (Å²) in [5.74, 6) is 1.25. The van der Waals surface area contributed by atoms with E-state index in [1.54, 1.807) is 0 Å². The lowest BCUT2D eigenvalue weighted by atomic mass is 10.2. The van der Waals surface area contributed by atoms with Crippen LogP contribution in [0.3, 0.4) is 0 Å². The molecule has 0 radical (unpaired) electrons. The van der Waals surface area contributed by atoms with E-state index in [0.29, 0.717) is 5.25 Å². The van der Waals surface area contributed by atoms with Gasteiger partial charge in [-0.1, -0.05) is 0 Å². The Morgan fingerprint density at radius 1 is 1.75 bits per heavy atom. The van der Waals surface area contributed by atoms with Crippen LogP contribution >= 0.6 is 11.8 Å². The maximum Gasteiger partial charge on any atom is 0.0630 e. The summed E-state index contributed by atoms with van der Waals surface area (Å²) < 4.78 is 0. The highest BCUT2D eigenvalue weighted by atomic mass is 32.2. The molecule has 0 saturated carbocycles. The van der Waals surface area contributed by atoms with Gasteiger partial charge < -0.3 is 5.11 Å². The zero-order valence-corrected chi connectivity index (χ0v) is 5.95. The Balaban J connectivity index is 2.24. The van der Waals surface area contributed by atoms with Gasteiger partial charge in [0.1, 0.15) is 0 Å². The fourth-order valence-electron chi connectivity index (χ4n) is 0.983. The minimum absolute atomic E-state index is 0.0949. The molecule has 0 aliphatic carbocycles. The second kappa shape index (κ2) is 2.74. The Bertz CT molecular complexity index is 66.9. The van der Waals surface area contributed by atoms with Gasteiger partial charge in [-0.05, 0) is 25.5 Å². The molecule has 1 saturated heterocycles. The number of hydrogen-bond donors (Lipinski definition) is 1. The maximum absolute atomic E-state index is 9.03. The zero-order chi connectivity index (χ0) is 5.98. The minimum atomic E-state index is -0.0949. The van der Waals surface area contributed by atoms with Crippen molar-refractivity contribution >= 4 is 11.8 Å². The van der Waals surface area contributed by atoms with Crippen LogP contribution in [-0.2, 0) is 0 Å². The van der Waals surface area contributed by atoms with Crippen molar-refractivity contribution in [2.45, 2.75) is 31.1 Å². The van der Waals surface area contributed by atoms with E-state index in [-0.39, 0.29) is 6.10 Å². The average molecular weight is 132 g/mol. The van der Waals surface area contributed by atoms with E-state index in [0.717, 1.165) is 0 Å². The molecule has 1 unspecified atom stereocenters. The summed E-state index contributed by atoms with van der Waals surface area (Å²) in [6, 6.07) is 0. The van der Waals surface area contributed by atoms with Gasteiger partial charge in [0.15, 0.2) is 0 Å². The molecule has 0 aromatic rings. The van der Waals surface area contributed by atoms with Gasteiger partial charge in [0.25, 0.3) is 0 Å². The molecular weight excluding hydrogens is 120 g/mol. The lowest BCUT2D eigenvalue weighted by Crippen LogP contribution is -2.15. The van der Waals surface area contributed by atoms with Gasteiger partial charge >= 0.3 is 0 Å². The van der Waals surface area contributed by atoms with Crippen molar-refractivity contribution in [1.29, 1.82) is 0 Å². The first-order valence-electron chi connectivity index (χ1n) is 3.10. The van der Waals surface area contributed by atoms with Gasteiger partial charge in [-0.2, -0.15) is 11.8 Å². The molecular formula is C6H12OS. The molecule has 8 heavy (non-hydrogen) atoms. The van der Waals surface area contributed by atoms with Gasteiger partial charge in [-0.3, -0.25) is 0 Å². The van der Waals surface area contributed by atoms with E-state index in [4.69, 9.17) is 5.11 Å². The van der Waals surface area contributed by atoms with E-state index in [2.05, 4.69) is 0 Å². The number of hydrogen-bond acceptors (Lipinski definition) is 2. The molecule has 1 nitrogen and oxygen atoms in total. The van der Waals surface area contributed by atoms with E-state index < -0.39 is 0 Å². The van der Waals surface area contributed by atoms with Crippen molar-refractivity contribution < 1.29 is 5.11 Å². The third-order valence-corrected chi connectivity index (χ3v) is 3.09. The molecule has 0 spiro atoms. The molecule has 2 heteroatoms. The Morgan fingerprint density at radius 3 is 2.75 bits per heavy atom. The van der Waals surface area contributed by atoms with Crippen molar-refractivity contribution in [2.75, 3.05) is 5.75 Å². The Morgan fingerprint density at radius 2 is 2.50 bits per heavy atom. The highest BCUT2D eigenvalue weighted by molar-refractivity contribution is 8.00. The first-order valence-corrected chi connectivity index (χ1v) is 4.15. The van der Waals surface area contributed by atoms with Gasteiger partial charge in [-0.15, -0.1) is 0 Å². The number of aliphatic hydroxyl groups is 1. The van der Waals surface area contributed by atoms with Gasteiger partial charge in [-0.25, -0.2) is 0 Å². The smallest absolute Gasteiger partial charge is 0.0630 e. The van der Waals surface area contributed by atoms with Crippen LogP contribution in [0.25, 0.3) is 0 Å². The topological polar surface area (TPSA) is 20.2 Å². The van der Waals surface area contributed by atoms with Crippen LogP contribution < -0.4 is 0 Å². The molecule has 1 aliphatic rings. The quantitative estimate of drug-likeness (QED) is 0.579. The summed E-state index contributed by atoms with van der Waals surface area (Å²) in [6.07, 6.45) is 2.41. The third kappa shape index (κ3) is 1.39.